The van der Waals surface area contributed by atoms with Crippen LogP contribution in [-0.2, 0) is 6.54 Å². The van der Waals surface area contributed by atoms with Gasteiger partial charge in [0.2, 0.25) is 0 Å². The number of aromatic nitrogens is 4. The van der Waals surface area contributed by atoms with Gasteiger partial charge in [0, 0.05) is 61.9 Å². The average Bonchev–Trinajstić information content (AvgIpc) is 3.20. The predicted molar refractivity (Wildman–Crippen MR) is 123 cm³/mol. The molecule has 1 fully saturated rings. The van der Waals surface area contributed by atoms with Crippen molar-refractivity contribution in [3.05, 3.63) is 90.0 Å². The minimum atomic E-state index is -0.300. The zero-order chi connectivity index (χ0) is 22.8. The summed E-state index contributed by atoms with van der Waals surface area (Å²) >= 11 is 0. The van der Waals surface area contributed by atoms with Crippen LogP contribution in [0.25, 0.3) is 16.9 Å². The first-order valence-corrected chi connectivity index (χ1v) is 10.9. The Kier molecular flexibility index (Phi) is 5.83. The van der Waals surface area contributed by atoms with Gasteiger partial charge in [0.05, 0.1) is 11.9 Å². The Labute approximate surface area is 191 Å². The monoisotopic (exact) mass is 446 g/mol. The second-order valence-electron chi connectivity index (χ2n) is 8.12. The van der Waals surface area contributed by atoms with Crippen LogP contribution in [0.15, 0.2) is 67.1 Å². The molecule has 1 saturated heterocycles. The van der Waals surface area contributed by atoms with E-state index in [0.717, 1.165) is 49.7 Å². The number of rotatable bonds is 5. The van der Waals surface area contributed by atoms with Crippen LogP contribution in [0.1, 0.15) is 11.3 Å². The Balaban J connectivity index is 1.28. The number of nitrogens with zero attached hydrogens (tertiary/aromatic N) is 6. The van der Waals surface area contributed by atoms with Gasteiger partial charge in [0.1, 0.15) is 17.3 Å². The van der Waals surface area contributed by atoms with Crippen LogP contribution < -0.4 is 4.90 Å². The molecule has 0 spiro atoms. The van der Waals surface area contributed by atoms with Gasteiger partial charge in [-0.1, -0.05) is 12.1 Å². The normalized spacial score (nSPS) is 14.6. The van der Waals surface area contributed by atoms with E-state index < -0.39 is 0 Å². The maximum absolute atomic E-state index is 14.4. The molecule has 1 aliphatic heterocycles. The van der Waals surface area contributed by atoms with Crippen molar-refractivity contribution >= 4 is 5.82 Å². The zero-order valence-electron chi connectivity index (χ0n) is 18.3. The summed E-state index contributed by atoms with van der Waals surface area (Å²) < 4.78 is 29.5. The highest BCUT2D eigenvalue weighted by molar-refractivity contribution is 5.72. The van der Waals surface area contributed by atoms with Gasteiger partial charge in [0.25, 0.3) is 0 Å². The molecular formula is C25H24F2N6. The Morgan fingerprint density at radius 3 is 2.36 bits per heavy atom. The molecule has 3 heterocycles. The highest BCUT2D eigenvalue weighted by Crippen LogP contribution is 2.29. The Morgan fingerprint density at radius 2 is 1.61 bits per heavy atom. The molecule has 5 rings (SSSR count). The van der Waals surface area contributed by atoms with Gasteiger partial charge in [-0.3, -0.25) is 9.88 Å². The standard InChI is InChI=1S/C25H24F2N6/c1-18-19(16-30-33(18)21-8-6-20(26)7-9-21)17-31-12-14-32(15-13-31)25-24(28-10-11-29-25)22-4-2-3-5-23(22)27/h2-11,16H,12-15,17H2,1H3. The summed E-state index contributed by atoms with van der Waals surface area (Å²) in [5, 5.41) is 4.50. The first kappa shape index (κ1) is 21.2. The lowest BCUT2D eigenvalue weighted by atomic mass is 10.1. The van der Waals surface area contributed by atoms with Crippen LogP contribution in [0.5, 0.6) is 0 Å². The molecule has 1 aliphatic rings. The molecule has 2 aromatic carbocycles. The predicted octanol–water partition coefficient (Wildman–Crippen LogP) is 4.24. The maximum atomic E-state index is 14.4. The molecular weight excluding hydrogens is 422 g/mol. The van der Waals surface area contributed by atoms with E-state index in [1.165, 1.54) is 18.2 Å². The van der Waals surface area contributed by atoms with E-state index in [9.17, 15) is 8.78 Å². The van der Waals surface area contributed by atoms with E-state index in [0.29, 0.717) is 17.1 Å². The third-order valence-electron chi connectivity index (χ3n) is 6.06. The summed E-state index contributed by atoms with van der Waals surface area (Å²) in [5.41, 5.74) is 4.06. The summed E-state index contributed by atoms with van der Waals surface area (Å²) in [4.78, 5) is 13.5. The summed E-state index contributed by atoms with van der Waals surface area (Å²) in [6.07, 6.45) is 5.13. The average molecular weight is 447 g/mol. The van der Waals surface area contributed by atoms with Crippen molar-refractivity contribution in [2.45, 2.75) is 13.5 Å². The molecule has 6 nitrogen and oxygen atoms in total. The molecule has 0 atom stereocenters. The van der Waals surface area contributed by atoms with Gasteiger partial charge < -0.3 is 4.90 Å². The van der Waals surface area contributed by atoms with E-state index in [1.807, 2.05) is 23.9 Å². The summed E-state index contributed by atoms with van der Waals surface area (Å²) in [7, 11) is 0. The Morgan fingerprint density at radius 1 is 0.879 bits per heavy atom. The molecule has 168 valence electrons. The van der Waals surface area contributed by atoms with E-state index in [2.05, 4.69) is 24.9 Å². The summed E-state index contributed by atoms with van der Waals surface area (Å²) in [6, 6.07) is 13.0. The highest BCUT2D eigenvalue weighted by Gasteiger charge is 2.23. The third-order valence-corrected chi connectivity index (χ3v) is 6.06. The molecule has 4 aromatic rings. The molecule has 0 radical (unpaired) electrons. The van der Waals surface area contributed by atoms with Crippen LogP contribution in [-0.4, -0.2) is 50.8 Å². The molecule has 0 N–H and O–H groups in total. The van der Waals surface area contributed by atoms with Crippen molar-refractivity contribution in [3.63, 3.8) is 0 Å². The minimum Gasteiger partial charge on any atom is -0.352 e. The van der Waals surface area contributed by atoms with Crippen molar-refractivity contribution in [1.29, 1.82) is 0 Å². The van der Waals surface area contributed by atoms with Gasteiger partial charge >= 0.3 is 0 Å². The SMILES string of the molecule is Cc1c(CN2CCN(c3nccnc3-c3ccccc3F)CC2)cnn1-c1ccc(F)cc1. The van der Waals surface area contributed by atoms with Gasteiger partial charge in [-0.2, -0.15) is 5.10 Å². The number of anilines is 1. The van der Waals surface area contributed by atoms with Gasteiger partial charge in [-0.05, 0) is 43.3 Å². The Hall–Kier alpha value is -3.65. The fourth-order valence-electron chi connectivity index (χ4n) is 4.21. The van der Waals surface area contributed by atoms with Crippen LogP contribution in [0.3, 0.4) is 0 Å². The number of hydrogen-bond acceptors (Lipinski definition) is 5. The fourth-order valence-corrected chi connectivity index (χ4v) is 4.21. The van der Waals surface area contributed by atoms with E-state index >= 15 is 0 Å². The lowest BCUT2D eigenvalue weighted by Crippen LogP contribution is -2.46. The van der Waals surface area contributed by atoms with Crippen molar-refractivity contribution in [1.82, 2.24) is 24.6 Å². The molecule has 0 aliphatic carbocycles. The van der Waals surface area contributed by atoms with Crippen molar-refractivity contribution in [2.75, 3.05) is 31.1 Å². The molecule has 2 aromatic heterocycles. The molecule has 0 bridgehead atoms. The first-order chi connectivity index (χ1) is 16.1. The van der Waals surface area contributed by atoms with Gasteiger partial charge in [-0.25, -0.2) is 18.4 Å². The highest BCUT2D eigenvalue weighted by atomic mass is 19.1. The second-order valence-corrected chi connectivity index (χ2v) is 8.12. The number of piperazine rings is 1. The molecule has 33 heavy (non-hydrogen) atoms. The smallest absolute Gasteiger partial charge is 0.155 e. The van der Waals surface area contributed by atoms with Crippen molar-refractivity contribution < 1.29 is 8.78 Å². The van der Waals surface area contributed by atoms with Gasteiger partial charge in [-0.15, -0.1) is 0 Å². The quantitative estimate of drug-likeness (QED) is 0.459. The van der Waals surface area contributed by atoms with Gasteiger partial charge in [0.15, 0.2) is 5.82 Å². The van der Waals surface area contributed by atoms with E-state index in [4.69, 9.17) is 0 Å². The van der Waals surface area contributed by atoms with Crippen LogP contribution in [0, 0.1) is 18.6 Å². The minimum absolute atomic E-state index is 0.261. The van der Waals surface area contributed by atoms with Crippen LogP contribution >= 0.6 is 0 Å². The lowest BCUT2D eigenvalue weighted by Gasteiger charge is -2.35. The molecule has 0 amide bonds. The topological polar surface area (TPSA) is 50.1 Å². The lowest BCUT2D eigenvalue weighted by molar-refractivity contribution is 0.249. The first-order valence-electron chi connectivity index (χ1n) is 10.9. The zero-order valence-corrected chi connectivity index (χ0v) is 18.3. The van der Waals surface area contributed by atoms with Crippen LogP contribution in [0.4, 0.5) is 14.6 Å². The fraction of sp³-hybridized carbons (Fsp3) is 0.240. The molecule has 0 saturated carbocycles. The summed E-state index contributed by atoms with van der Waals surface area (Å²) in [5.74, 6) is 0.150. The maximum Gasteiger partial charge on any atom is 0.155 e. The van der Waals surface area contributed by atoms with E-state index in [1.54, 1.807) is 36.7 Å². The number of halogens is 2. The largest absolute Gasteiger partial charge is 0.352 e. The van der Waals surface area contributed by atoms with E-state index in [-0.39, 0.29) is 11.6 Å². The number of hydrogen-bond donors (Lipinski definition) is 0. The molecule has 8 heteroatoms. The third kappa shape index (κ3) is 4.34. The second kappa shape index (κ2) is 9.07. The van der Waals surface area contributed by atoms with Crippen LogP contribution in [0.2, 0.25) is 0 Å². The number of benzene rings is 2. The Bertz CT molecular complexity index is 1250. The molecule has 0 unspecified atom stereocenters. The van der Waals surface area contributed by atoms with Crippen molar-refractivity contribution in [3.8, 4) is 16.9 Å². The van der Waals surface area contributed by atoms with Crippen molar-refractivity contribution in [2.24, 2.45) is 0 Å². The summed E-state index contributed by atoms with van der Waals surface area (Å²) in [6.45, 7) is 6.03.